The molecule has 0 aliphatic carbocycles. The summed E-state index contributed by atoms with van der Waals surface area (Å²) < 4.78 is 202. The van der Waals surface area contributed by atoms with Gasteiger partial charge < -0.3 is 9.87 Å². The third-order valence-electron chi connectivity index (χ3n) is 5.25. The van der Waals surface area contributed by atoms with Gasteiger partial charge in [0.25, 0.3) is 5.67 Å². The number of halogens is 13. The van der Waals surface area contributed by atoms with Crippen molar-refractivity contribution in [3.63, 3.8) is 0 Å². The Labute approximate surface area is 247 Å². The first-order valence-corrected chi connectivity index (χ1v) is 13.5. The van der Waals surface area contributed by atoms with E-state index >= 15 is 0 Å². The Morgan fingerprint density at radius 3 is 1.65 bits per heavy atom. The van der Waals surface area contributed by atoms with E-state index in [2.05, 4.69) is 5.32 Å². The number of carbonyl (C=O) groups is 1. The fourth-order valence-corrected chi connectivity index (χ4v) is 5.30. The van der Waals surface area contributed by atoms with E-state index in [1.807, 2.05) is 0 Å². The van der Waals surface area contributed by atoms with Gasteiger partial charge in [-0.15, -0.1) is 0 Å². The van der Waals surface area contributed by atoms with E-state index in [-0.39, 0.29) is 47.5 Å². The van der Waals surface area contributed by atoms with Crippen molar-refractivity contribution in [2.75, 3.05) is 17.3 Å². The number of hydrogen-bond donors (Lipinski definition) is 1. The van der Waals surface area contributed by atoms with Gasteiger partial charge in [0.05, 0.1) is 27.7 Å². The maximum absolute atomic E-state index is 13.9. The van der Waals surface area contributed by atoms with Crippen LogP contribution < -0.4 is 34.9 Å². The van der Waals surface area contributed by atoms with Crippen LogP contribution in [0.2, 0.25) is 0 Å². The quantitative estimate of drug-likeness (QED) is 0.133. The molecule has 0 aromatic heterocycles. The molecule has 0 heterocycles. The average Bonchev–Trinajstić information content (AvgIpc) is 2.62. The SMILES string of the molecule is CC(C)(CS(=O)(=O)[O-])NC(=O)CCSCCCC(CC(CC(F)(C(F)(F)F)C(F)(F)F)C(F)(F)F)C(F)(F)F.[Na+]. The molecule has 0 aromatic rings. The van der Waals surface area contributed by atoms with Crippen LogP contribution in [0.1, 0.15) is 46.0 Å². The average molecular weight is 666 g/mol. The zero-order valence-electron chi connectivity index (χ0n) is 21.2. The Kier molecular flexibility index (Phi) is 15.7. The molecule has 0 rings (SSSR count). The van der Waals surface area contributed by atoms with Gasteiger partial charge in [-0.1, -0.05) is 0 Å². The minimum absolute atomic E-state index is 0. The Balaban J connectivity index is 0. The largest absolute Gasteiger partial charge is 1.00 e. The molecule has 0 aliphatic rings. The molecule has 1 N–H and O–H groups in total. The first kappa shape index (κ1) is 42.0. The van der Waals surface area contributed by atoms with E-state index in [4.69, 9.17) is 0 Å². The van der Waals surface area contributed by atoms with Gasteiger partial charge in [0.1, 0.15) is 0 Å². The zero-order valence-corrected chi connectivity index (χ0v) is 24.8. The van der Waals surface area contributed by atoms with Crippen molar-refractivity contribution in [1.29, 1.82) is 0 Å². The zero-order chi connectivity index (χ0) is 31.3. The maximum Gasteiger partial charge on any atom is 1.00 e. The van der Waals surface area contributed by atoms with Crippen LogP contribution in [0.25, 0.3) is 0 Å². The Morgan fingerprint density at radius 1 is 0.825 bits per heavy atom. The third kappa shape index (κ3) is 14.8. The van der Waals surface area contributed by atoms with Crippen LogP contribution in [0.5, 0.6) is 0 Å². The predicted octanol–water partition coefficient (Wildman–Crippen LogP) is 3.30. The molecule has 0 spiro atoms. The number of hydrogen-bond acceptors (Lipinski definition) is 5. The van der Waals surface area contributed by atoms with Gasteiger partial charge in [-0.05, 0) is 38.9 Å². The fourth-order valence-electron chi connectivity index (χ4n) is 3.44. The van der Waals surface area contributed by atoms with Crippen molar-refractivity contribution in [3.05, 3.63) is 0 Å². The second-order valence-electron chi connectivity index (χ2n) is 9.35. The molecule has 0 fully saturated rings. The molecule has 2 unspecified atom stereocenters. The summed E-state index contributed by atoms with van der Waals surface area (Å²) in [5, 5.41) is 2.24. The molecule has 0 aliphatic heterocycles. The van der Waals surface area contributed by atoms with E-state index in [0.717, 1.165) is 11.8 Å². The van der Waals surface area contributed by atoms with Crippen LogP contribution in [0, 0.1) is 11.8 Å². The van der Waals surface area contributed by atoms with E-state index in [9.17, 15) is 74.8 Å². The van der Waals surface area contributed by atoms with Crippen molar-refractivity contribution < 1.29 is 104 Å². The number of amides is 1. The van der Waals surface area contributed by atoms with Crippen molar-refractivity contribution in [2.45, 2.75) is 81.9 Å². The van der Waals surface area contributed by atoms with E-state index in [0.29, 0.717) is 0 Å². The third-order valence-corrected chi connectivity index (χ3v) is 7.40. The molecule has 40 heavy (non-hydrogen) atoms. The topological polar surface area (TPSA) is 86.3 Å². The fraction of sp³-hybridized carbons (Fsp3) is 0.947. The van der Waals surface area contributed by atoms with Crippen LogP contribution in [-0.2, 0) is 14.9 Å². The van der Waals surface area contributed by atoms with Crippen LogP contribution in [0.3, 0.4) is 0 Å². The summed E-state index contributed by atoms with van der Waals surface area (Å²) in [4.78, 5) is 11.8. The molecule has 0 aromatic carbocycles. The molecule has 0 saturated heterocycles. The maximum atomic E-state index is 13.9. The van der Waals surface area contributed by atoms with Crippen molar-refractivity contribution in [3.8, 4) is 0 Å². The normalized spacial score (nSPS) is 15.8. The first-order valence-electron chi connectivity index (χ1n) is 10.8. The van der Waals surface area contributed by atoms with Crippen LogP contribution in [0.4, 0.5) is 57.1 Å². The molecule has 0 bridgehead atoms. The van der Waals surface area contributed by atoms with Crippen molar-refractivity contribution in [1.82, 2.24) is 5.32 Å². The van der Waals surface area contributed by atoms with Gasteiger partial charge in [-0.3, -0.25) is 4.79 Å². The summed E-state index contributed by atoms with van der Waals surface area (Å²) >= 11 is 0.827. The van der Waals surface area contributed by atoms with Gasteiger partial charge in [0.15, 0.2) is 0 Å². The van der Waals surface area contributed by atoms with Gasteiger partial charge in [0.2, 0.25) is 5.91 Å². The number of alkyl halides is 13. The summed E-state index contributed by atoms with van der Waals surface area (Å²) in [7, 11) is -4.69. The van der Waals surface area contributed by atoms with Crippen LogP contribution in [-0.4, -0.2) is 72.0 Å². The van der Waals surface area contributed by atoms with Crippen LogP contribution >= 0.6 is 11.8 Å². The molecule has 1 amide bonds. The molecule has 2 atom stereocenters. The molecule has 0 radical (unpaired) electrons. The predicted molar refractivity (Wildman–Crippen MR) is 112 cm³/mol. The molecule has 0 saturated carbocycles. The molecular weight excluding hydrogens is 640 g/mol. The minimum atomic E-state index is -6.87. The van der Waals surface area contributed by atoms with Gasteiger partial charge in [-0.2, -0.15) is 64.4 Å². The van der Waals surface area contributed by atoms with Gasteiger partial charge in [-0.25, -0.2) is 12.8 Å². The standard InChI is InChI=1S/C19H26F13NO4S2.Na/c1-14(2,10-39(35,36)37)33-13(34)5-7-38-6-3-4-11(16(21,22)23)8-12(17(24,25)26)9-15(20,18(27,28)29)19(30,31)32;/h11-12H,3-10H2,1-2H3,(H,33,34)(H,35,36,37);/q;+1/p-1. The number of carbonyl (C=O) groups excluding carboxylic acids is 1. The molecular formula is C19H25F13NNaO4S2. The van der Waals surface area contributed by atoms with Crippen molar-refractivity contribution >= 4 is 27.8 Å². The van der Waals surface area contributed by atoms with E-state index < -0.39 is 95.2 Å². The van der Waals surface area contributed by atoms with Gasteiger partial charge in [0, 0.05) is 24.1 Å². The monoisotopic (exact) mass is 665 g/mol. The van der Waals surface area contributed by atoms with Crippen LogP contribution in [0.15, 0.2) is 0 Å². The summed E-state index contributed by atoms with van der Waals surface area (Å²) in [6.45, 7) is 2.46. The summed E-state index contributed by atoms with van der Waals surface area (Å²) in [6.07, 6.45) is -32.8. The second-order valence-corrected chi connectivity index (χ2v) is 12.0. The number of rotatable bonds is 14. The molecule has 21 heteroatoms. The van der Waals surface area contributed by atoms with Crippen molar-refractivity contribution in [2.24, 2.45) is 11.8 Å². The molecule has 234 valence electrons. The number of thioether (sulfide) groups is 1. The smallest absolute Gasteiger partial charge is 0.748 e. The Hall–Kier alpha value is -0.180. The second kappa shape index (κ2) is 15.0. The Bertz CT molecular complexity index is 890. The number of nitrogens with one attached hydrogen (secondary N) is 1. The summed E-state index contributed by atoms with van der Waals surface area (Å²) in [6, 6.07) is 0. The van der Waals surface area contributed by atoms with Gasteiger partial charge >= 0.3 is 54.3 Å². The van der Waals surface area contributed by atoms with E-state index in [1.165, 1.54) is 13.8 Å². The summed E-state index contributed by atoms with van der Waals surface area (Å²) in [5.74, 6) is -8.89. The summed E-state index contributed by atoms with van der Waals surface area (Å²) in [5.41, 5.74) is -7.83. The first-order chi connectivity index (χ1) is 17.0. The Morgan fingerprint density at radius 2 is 1.27 bits per heavy atom. The minimum Gasteiger partial charge on any atom is -0.748 e. The molecule has 5 nitrogen and oxygen atoms in total. The van der Waals surface area contributed by atoms with E-state index in [1.54, 1.807) is 0 Å².